The van der Waals surface area contributed by atoms with Gasteiger partial charge in [0.1, 0.15) is 6.54 Å². The Morgan fingerprint density at radius 1 is 0.947 bits per heavy atom. The molecule has 0 aliphatic heterocycles. The molecule has 38 heavy (non-hydrogen) atoms. The predicted octanol–water partition coefficient (Wildman–Crippen LogP) is 7.61. The number of nitrogens with zero attached hydrogens (tertiary/aromatic N) is 2. The minimum absolute atomic E-state index is 0.0203. The van der Waals surface area contributed by atoms with E-state index in [-0.39, 0.29) is 24.3 Å². The zero-order valence-electron chi connectivity index (χ0n) is 21.4. The summed E-state index contributed by atoms with van der Waals surface area (Å²) in [6, 6.07) is 20.8. The van der Waals surface area contributed by atoms with Gasteiger partial charge in [-0.3, -0.25) is 9.59 Å². The third-order valence-electron chi connectivity index (χ3n) is 6.34. The van der Waals surface area contributed by atoms with E-state index < -0.39 is 0 Å². The second-order valence-electron chi connectivity index (χ2n) is 9.73. The molecule has 0 saturated heterocycles. The molecule has 0 atom stereocenters. The number of aromatic nitrogens is 1. The van der Waals surface area contributed by atoms with Gasteiger partial charge in [0.15, 0.2) is 0 Å². The molecule has 0 aliphatic rings. The van der Waals surface area contributed by atoms with Crippen LogP contribution in [0.5, 0.6) is 0 Å². The molecular formula is C30H30BrCl2N3O2. The maximum atomic E-state index is 13.8. The van der Waals surface area contributed by atoms with Gasteiger partial charge in [-0.1, -0.05) is 73.4 Å². The van der Waals surface area contributed by atoms with Gasteiger partial charge in [-0.05, 0) is 69.7 Å². The largest absolute Gasteiger partial charge is 0.361 e. The first-order chi connectivity index (χ1) is 18.2. The highest BCUT2D eigenvalue weighted by Crippen LogP contribution is 2.24. The Balaban J connectivity index is 1.58. The van der Waals surface area contributed by atoms with Crippen molar-refractivity contribution in [2.24, 2.45) is 5.92 Å². The molecule has 0 unspecified atom stereocenters. The molecule has 0 fully saturated rings. The third-order valence-corrected chi connectivity index (χ3v) is 7.77. The topological polar surface area (TPSA) is 56.4 Å². The van der Waals surface area contributed by atoms with Crippen molar-refractivity contribution in [2.75, 3.05) is 19.6 Å². The molecule has 0 aliphatic carbocycles. The number of halogens is 3. The number of hydrogen-bond donors (Lipinski definition) is 1. The van der Waals surface area contributed by atoms with Crippen LogP contribution in [0.3, 0.4) is 0 Å². The molecule has 8 heteroatoms. The summed E-state index contributed by atoms with van der Waals surface area (Å²) in [7, 11) is 0. The lowest BCUT2D eigenvalue weighted by Crippen LogP contribution is -2.44. The van der Waals surface area contributed by atoms with Crippen LogP contribution in [0, 0.1) is 5.92 Å². The van der Waals surface area contributed by atoms with Crippen molar-refractivity contribution in [1.29, 1.82) is 0 Å². The summed E-state index contributed by atoms with van der Waals surface area (Å²) >= 11 is 15.9. The van der Waals surface area contributed by atoms with Gasteiger partial charge in [-0.2, -0.15) is 0 Å². The van der Waals surface area contributed by atoms with Gasteiger partial charge >= 0.3 is 0 Å². The number of amides is 2. The van der Waals surface area contributed by atoms with Crippen LogP contribution in [0.15, 0.2) is 77.4 Å². The Labute approximate surface area is 241 Å². The molecule has 2 amide bonds. The number of aromatic amines is 1. The van der Waals surface area contributed by atoms with Crippen molar-refractivity contribution >= 4 is 61.8 Å². The Morgan fingerprint density at radius 3 is 2.42 bits per heavy atom. The van der Waals surface area contributed by atoms with Crippen LogP contribution in [-0.2, 0) is 17.8 Å². The van der Waals surface area contributed by atoms with Crippen LogP contribution >= 0.6 is 39.1 Å². The molecule has 3 aromatic carbocycles. The average molecular weight is 615 g/mol. The van der Waals surface area contributed by atoms with Crippen LogP contribution < -0.4 is 0 Å². The molecule has 198 valence electrons. The second-order valence-corrected chi connectivity index (χ2v) is 11.4. The summed E-state index contributed by atoms with van der Waals surface area (Å²) < 4.78 is 0.707. The number of H-pyrrole nitrogens is 1. The van der Waals surface area contributed by atoms with Crippen LogP contribution in [0.4, 0.5) is 0 Å². The molecule has 0 radical (unpaired) electrons. The number of benzene rings is 3. The van der Waals surface area contributed by atoms with E-state index in [1.54, 1.807) is 28.0 Å². The molecule has 0 bridgehead atoms. The number of carbonyl (C=O) groups excluding carboxylic acids is 2. The van der Waals surface area contributed by atoms with Gasteiger partial charge in [0.25, 0.3) is 5.91 Å². The molecular weight excluding hydrogens is 585 g/mol. The van der Waals surface area contributed by atoms with E-state index in [4.69, 9.17) is 23.2 Å². The van der Waals surface area contributed by atoms with Gasteiger partial charge in [-0.15, -0.1) is 0 Å². The van der Waals surface area contributed by atoms with E-state index in [0.717, 1.165) is 22.0 Å². The minimum Gasteiger partial charge on any atom is -0.361 e. The molecule has 1 N–H and O–H groups in total. The number of para-hydroxylation sites is 1. The zero-order chi connectivity index (χ0) is 27.2. The van der Waals surface area contributed by atoms with Crippen molar-refractivity contribution in [3.05, 3.63) is 104 Å². The maximum absolute atomic E-state index is 13.8. The number of hydrogen-bond acceptors (Lipinski definition) is 2. The summed E-state index contributed by atoms with van der Waals surface area (Å²) in [5, 5.41) is 2.05. The standard InChI is InChI=1S/C30H30BrCl2N3O2/c1-20(2)17-36(30(38)24-8-3-5-9-25(24)31)19-29(37)35(18-21-11-12-26(32)27(33)15-21)14-13-22-16-34-28-10-6-4-7-23(22)28/h3-12,15-16,20,34H,13-14,17-19H2,1-2H3. The Bertz CT molecular complexity index is 1440. The number of carbonyl (C=O) groups is 2. The smallest absolute Gasteiger partial charge is 0.255 e. The van der Waals surface area contributed by atoms with E-state index in [0.29, 0.717) is 46.1 Å². The SMILES string of the molecule is CC(C)CN(CC(=O)N(CCc1c[nH]c2ccccc12)Cc1ccc(Cl)c(Cl)c1)C(=O)c1ccccc1Br. The van der Waals surface area contributed by atoms with Gasteiger partial charge in [0.05, 0.1) is 15.6 Å². The summed E-state index contributed by atoms with van der Waals surface area (Å²) in [4.78, 5) is 34.0. The fraction of sp³-hybridized carbons (Fsp3) is 0.267. The lowest BCUT2D eigenvalue weighted by molar-refractivity contribution is -0.132. The highest BCUT2D eigenvalue weighted by molar-refractivity contribution is 9.10. The quantitative estimate of drug-likeness (QED) is 0.200. The van der Waals surface area contributed by atoms with Crippen molar-refractivity contribution < 1.29 is 9.59 Å². The van der Waals surface area contributed by atoms with Gasteiger partial charge in [-0.25, -0.2) is 0 Å². The maximum Gasteiger partial charge on any atom is 0.255 e. The Hall–Kier alpha value is -2.80. The first kappa shape index (κ1) is 28.2. The fourth-order valence-corrected chi connectivity index (χ4v) is 5.25. The number of rotatable bonds is 10. The van der Waals surface area contributed by atoms with Crippen LogP contribution in [0.2, 0.25) is 10.0 Å². The third kappa shape index (κ3) is 6.99. The lowest BCUT2D eigenvalue weighted by Gasteiger charge is -2.29. The van der Waals surface area contributed by atoms with Gasteiger partial charge in [0, 0.05) is 41.2 Å². The molecule has 1 aromatic heterocycles. The highest BCUT2D eigenvalue weighted by Gasteiger charge is 2.25. The summed E-state index contributed by atoms with van der Waals surface area (Å²) in [5.41, 5.74) is 3.61. The Morgan fingerprint density at radius 2 is 1.68 bits per heavy atom. The minimum atomic E-state index is -0.175. The van der Waals surface area contributed by atoms with Crippen molar-refractivity contribution in [1.82, 2.24) is 14.8 Å². The van der Waals surface area contributed by atoms with E-state index in [1.807, 2.05) is 62.5 Å². The monoisotopic (exact) mass is 613 g/mol. The molecule has 5 nitrogen and oxygen atoms in total. The van der Waals surface area contributed by atoms with E-state index in [1.165, 1.54) is 0 Å². The predicted molar refractivity (Wildman–Crippen MR) is 159 cm³/mol. The van der Waals surface area contributed by atoms with E-state index in [9.17, 15) is 9.59 Å². The first-order valence-corrected chi connectivity index (χ1v) is 14.1. The average Bonchev–Trinajstić information content (AvgIpc) is 3.31. The zero-order valence-corrected chi connectivity index (χ0v) is 24.5. The summed E-state index contributed by atoms with van der Waals surface area (Å²) in [5.74, 6) is -0.105. The molecule has 4 rings (SSSR count). The second kappa shape index (κ2) is 12.8. The fourth-order valence-electron chi connectivity index (χ4n) is 4.47. The van der Waals surface area contributed by atoms with Gasteiger partial charge in [0.2, 0.25) is 5.91 Å². The normalized spacial score (nSPS) is 11.2. The Kier molecular flexibility index (Phi) is 9.53. The molecule has 4 aromatic rings. The molecule has 0 spiro atoms. The summed E-state index contributed by atoms with van der Waals surface area (Å²) in [6.07, 6.45) is 2.66. The lowest BCUT2D eigenvalue weighted by atomic mass is 10.1. The summed E-state index contributed by atoms with van der Waals surface area (Å²) in [6.45, 7) is 5.36. The van der Waals surface area contributed by atoms with Crippen molar-refractivity contribution in [3.8, 4) is 0 Å². The molecule has 1 heterocycles. The van der Waals surface area contributed by atoms with Crippen LogP contribution in [0.1, 0.15) is 35.3 Å². The van der Waals surface area contributed by atoms with E-state index in [2.05, 4.69) is 27.0 Å². The molecule has 0 saturated carbocycles. The highest BCUT2D eigenvalue weighted by atomic mass is 79.9. The first-order valence-electron chi connectivity index (χ1n) is 12.5. The number of nitrogens with one attached hydrogen (secondary N) is 1. The van der Waals surface area contributed by atoms with Crippen LogP contribution in [0.25, 0.3) is 10.9 Å². The number of fused-ring (bicyclic) bond motifs is 1. The van der Waals surface area contributed by atoms with Gasteiger partial charge < -0.3 is 14.8 Å². The van der Waals surface area contributed by atoms with Crippen LogP contribution in [-0.4, -0.2) is 46.2 Å². The van der Waals surface area contributed by atoms with E-state index >= 15 is 0 Å². The van der Waals surface area contributed by atoms with Crippen molar-refractivity contribution in [3.63, 3.8) is 0 Å². The van der Waals surface area contributed by atoms with Crippen molar-refractivity contribution in [2.45, 2.75) is 26.8 Å².